The van der Waals surface area contributed by atoms with Gasteiger partial charge in [-0.15, -0.1) is 0 Å². The zero-order valence-corrected chi connectivity index (χ0v) is 8.24. The van der Waals surface area contributed by atoms with E-state index in [0.717, 1.165) is 5.39 Å². The van der Waals surface area contributed by atoms with Gasteiger partial charge in [-0.25, -0.2) is 0 Å². The monoisotopic (exact) mass is 243 g/mol. The van der Waals surface area contributed by atoms with Gasteiger partial charge in [-0.05, 0) is 12.1 Å². The molecule has 2 nitrogen and oxygen atoms in total. The number of phenolic OH excluding ortho intramolecular Hbond substituents is 1. The van der Waals surface area contributed by atoms with Crippen LogP contribution in [0.3, 0.4) is 0 Å². The van der Waals surface area contributed by atoms with Gasteiger partial charge in [0.05, 0.1) is 0 Å². The van der Waals surface area contributed by atoms with Crippen molar-refractivity contribution >= 4 is 10.9 Å². The first-order chi connectivity index (χ1) is 5.38. The summed E-state index contributed by atoms with van der Waals surface area (Å²) >= 11 is 0. The summed E-state index contributed by atoms with van der Waals surface area (Å²) in [5.41, 5.74) is 0.662. The van der Waals surface area contributed by atoms with Gasteiger partial charge in [-0.1, -0.05) is 18.2 Å². The predicted molar refractivity (Wildman–Crippen MR) is 43.4 cm³/mol. The first-order valence-corrected chi connectivity index (χ1v) is 3.40. The first-order valence-electron chi connectivity index (χ1n) is 3.40. The topological polar surface area (TPSA) is 33.1 Å². The summed E-state index contributed by atoms with van der Waals surface area (Å²) < 4.78 is 0. The summed E-state index contributed by atoms with van der Waals surface area (Å²) in [4.78, 5) is 4.03. The van der Waals surface area contributed by atoms with Crippen LogP contribution in [0.25, 0.3) is 10.9 Å². The Hall–Kier alpha value is -0.761. The van der Waals surface area contributed by atoms with Gasteiger partial charge in [0.2, 0.25) is 0 Å². The number of hydrogen-bond acceptors (Lipinski definition) is 2. The van der Waals surface area contributed by atoms with Crippen LogP contribution in [-0.4, -0.2) is 10.1 Å². The molecular formula is C9H7ClCuNO. The van der Waals surface area contributed by atoms with Crippen LogP contribution in [0.5, 0.6) is 5.75 Å². The molecule has 4 heteroatoms. The molecule has 13 heavy (non-hydrogen) atoms. The summed E-state index contributed by atoms with van der Waals surface area (Å²) in [5.74, 6) is 0.239. The van der Waals surface area contributed by atoms with Gasteiger partial charge in [0, 0.05) is 11.6 Å². The molecule has 0 unspecified atom stereocenters. The summed E-state index contributed by atoms with van der Waals surface area (Å²) in [7, 11) is 0. The molecule has 0 amide bonds. The summed E-state index contributed by atoms with van der Waals surface area (Å²) in [6.07, 6.45) is 1.67. The molecule has 0 aliphatic carbocycles. The van der Waals surface area contributed by atoms with Gasteiger partial charge in [0.25, 0.3) is 0 Å². The normalized spacial score (nSPS) is 8.62. The number of aromatic nitrogens is 1. The van der Waals surface area contributed by atoms with Gasteiger partial charge >= 0.3 is 17.1 Å². The molecule has 1 N–H and O–H groups in total. The van der Waals surface area contributed by atoms with Crippen molar-refractivity contribution < 1.29 is 34.6 Å². The molecule has 0 spiro atoms. The molecule has 0 aliphatic heterocycles. The fraction of sp³-hybridized carbons (Fsp3) is 0. The number of pyridine rings is 1. The number of nitrogens with zero attached hydrogens (tertiary/aromatic N) is 1. The fourth-order valence-electron chi connectivity index (χ4n) is 1.09. The maximum Gasteiger partial charge on any atom is 1.00 e. The Kier molecular flexibility index (Phi) is 4.78. The van der Waals surface area contributed by atoms with Gasteiger partial charge in [-0.3, -0.25) is 4.98 Å². The summed E-state index contributed by atoms with van der Waals surface area (Å²) in [6.45, 7) is 0. The largest absolute Gasteiger partial charge is 1.00 e. The van der Waals surface area contributed by atoms with Crippen molar-refractivity contribution in [2.24, 2.45) is 0 Å². The van der Waals surface area contributed by atoms with E-state index in [0.29, 0.717) is 5.52 Å². The number of halogens is 1. The average molecular weight is 244 g/mol. The molecule has 0 saturated heterocycles. The quantitative estimate of drug-likeness (QED) is 0.599. The van der Waals surface area contributed by atoms with Crippen LogP contribution in [0.15, 0.2) is 36.5 Å². The smallest absolute Gasteiger partial charge is 1.00 e. The van der Waals surface area contributed by atoms with Crippen LogP contribution in [0.4, 0.5) is 0 Å². The Balaban J connectivity index is 0.000000720. The summed E-state index contributed by atoms with van der Waals surface area (Å²) in [6, 6.07) is 9.13. The van der Waals surface area contributed by atoms with Crippen LogP contribution in [0.1, 0.15) is 0 Å². The third-order valence-electron chi connectivity index (χ3n) is 1.61. The van der Waals surface area contributed by atoms with Crippen molar-refractivity contribution in [1.29, 1.82) is 0 Å². The first kappa shape index (κ1) is 12.2. The molecule has 1 aromatic heterocycles. The maximum absolute atomic E-state index is 9.31. The molecule has 0 aliphatic rings. The Morgan fingerprint density at radius 1 is 1.08 bits per heavy atom. The molecule has 0 atom stereocenters. The minimum atomic E-state index is 0. The van der Waals surface area contributed by atoms with Crippen molar-refractivity contribution in [3.8, 4) is 5.75 Å². The number of fused-ring (bicyclic) bond motifs is 1. The second kappa shape index (κ2) is 5.07. The Labute approximate surface area is 92.9 Å². The number of phenols is 1. The molecule has 0 bridgehead atoms. The van der Waals surface area contributed by atoms with E-state index in [-0.39, 0.29) is 35.2 Å². The van der Waals surface area contributed by atoms with Crippen LogP contribution >= 0.6 is 0 Å². The zero-order valence-electron chi connectivity index (χ0n) is 6.54. The Morgan fingerprint density at radius 2 is 1.77 bits per heavy atom. The van der Waals surface area contributed by atoms with Crippen molar-refractivity contribution in [3.63, 3.8) is 0 Å². The van der Waals surface area contributed by atoms with Gasteiger partial charge in [-0.2, -0.15) is 0 Å². The van der Waals surface area contributed by atoms with E-state index < -0.39 is 0 Å². The van der Waals surface area contributed by atoms with E-state index in [4.69, 9.17) is 0 Å². The number of benzene rings is 1. The van der Waals surface area contributed by atoms with Crippen LogP contribution in [0.2, 0.25) is 0 Å². The van der Waals surface area contributed by atoms with Crippen LogP contribution < -0.4 is 12.4 Å². The van der Waals surface area contributed by atoms with Crippen LogP contribution in [0, 0.1) is 0 Å². The standard InChI is InChI=1S/C9H7NO.ClH.Cu/c11-8-5-1-3-7-4-2-6-10-9(7)8;;/h1-6,11H;1H;/q;;+1/p-1. The number of hydrogen-bond donors (Lipinski definition) is 1. The molecule has 1 aromatic carbocycles. The molecular weight excluding hydrogens is 237 g/mol. The zero-order chi connectivity index (χ0) is 7.68. The van der Waals surface area contributed by atoms with E-state index in [1.165, 1.54) is 0 Å². The number of para-hydroxylation sites is 1. The van der Waals surface area contributed by atoms with Crippen molar-refractivity contribution in [2.45, 2.75) is 0 Å². The summed E-state index contributed by atoms with van der Waals surface area (Å²) in [5, 5.41) is 10.3. The van der Waals surface area contributed by atoms with Crippen LogP contribution in [-0.2, 0) is 17.1 Å². The average Bonchev–Trinajstić information content (AvgIpc) is 2.06. The minimum absolute atomic E-state index is 0. The molecule has 72 valence electrons. The van der Waals surface area contributed by atoms with Gasteiger partial charge in [0.1, 0.15) is 11.3 Å². The molecule has 1 heterocycles. The van der Waals surface area contributed by atoms with E-state index in [9.17, 15) is 5.11 Å². The minimum Gasteiger partial charge on any atom is -1.00 e. The third kappa shape index (κ3) is 2.34. The third-order valence-corrected chi connectivity index (χ3v) is 1.61. The SMILES string of the molecule is Oc1cccc2cccnc12.[Cl-].[Cu+]. The fourth-order valence-corrected chi connectivity index (χ4v) is 1.09. The Morgan fingerprint density at radius 3 is 2.46 bits per heavy atom. The second-order valence-electron chi connectivity index (χ2n) is 2.35. The molecule has 0 radical (unpaired) electrons. The predicted octanol–water partition coefficient (Wildman–Crippen LogP) is -1.06. The van der Waals surface area contributed by atoms with Crippen molar-refractivity contribution in [2.75, 3.05) is 0 Å². The van der Waals surface area contributed by atoms with Gasteiger partial charge < -0.3 is 17.5 Å². The molecule has 0 saturated carbocycles. The van der Waals surface area contributed by atoms with E-state index in [1.807, 2.05) is 18.2 Å². The second-order valence-corrected chi connectivity index (χ2v) is 2.35. The number of aromatic hydroxyl groups is 1. The Bertz CT molecular complexity index is 389. The van der Waals surface area contributed by atoms with Crippen molar-refractivity contribution in [1.82, 2.24) is 4.98 Å². The van der Waals surface area contributed by atoms with Crippen molar-refractivity contribution in [3.05, 3.63) is 36.5 Å². The van der Waals surface area contributed by atoms with E-state index in [1.54, 1.807) is 18.3 Å². The molecule has 2 rings (SSSR count). The molecule has 2 aromatic rings. The van der Waals surface area contributed by atoms with E-state index in [2.05, 4.69) is 4.98 Å². The van der Waals surface area contributed by atoms with E-state index >= 15 is 0 Å². The number of rotatable bonds is 0. The maximum atomic E-state index is 9.31. The van der Waals surface area contributed by atoms with Gasteiger partial charge in [0.15, 0.2) is 0 Å². The molecule has 0 fully saturated rings.